The number of aryl methyl sites for hydroxylation is 1. The van der Waals surface area contributed by atoms with E-state index in [0.29, 0.717) is 43.4 Å². The molecule has 1 saturated heterocycles. The van der Waals surface area contributed by atoms with Crippen molar-refractivity contribution in [1.82, 2.24) is 24.6 Å². The van der Waals surface area contributed by atoms with Crippen LogP contribution in [0.25, 0.3) is 0 Å². The summed E-state index contributed by atoms with van der Waals surface area (Å²) in [5, 5.41) is 10.8. The number of benzene rings is 1. The molecule has 1 aliphatic heterocycles. The summed E-state index contributed by atoms with van der Waals surface area (Å²) in [6.07, 6.45) is 8.00. The summed E-state index contributed by atoms with van der Waals surface area (Å²) in [6.45, 7) is 7.56. The molecular weight excluding hydrogens is 488 g/mol. The fourth-order valence-electron chi connectivity index (χ4n) is 4.22. The Balaban J connectivity index is 1.54. The van der Waals surface area contributed by atoms with Crippen molar-refractivity contribution in [2.24, 2.45) is 5.73 Å². The van der Waals surface area contributed by atoms with Crippen LogP contribution < -0.4 is 21.1 Å². The number of carbonyl (C=O) groups excluding carboxylic acids is 2. The summed E-state index contributed by atoms with van der Waals surface area (Å²) >= 11 is 0. The number of aromatic nitrogens is 4. The van der Waals surface area contributed by atoms with E-state index in [2.05, 4.69) is 32.3 Å². The number of hydrogen-bond donors (Lipinski definition) is 3. The van der Waals surface area contributed by atoms with Crippen LogP contribution in [-0.4, -0.2) is 69.9 Å². The van der Waals surface area contributed by atoms with E-state index >= 15 is 0 Å². The topological polar surface area (TPSA) is 150 Å². The Hall–Kier alpha value is -4.45. The molecule has 1 fully saturated rings. The van der Waals surface area contributed by atoms with Gasteiger partial charge in [-0.2, -0.15) is 10.1 Å². The minimum Gasteiger partial charge on any atom is -0.489 e. The first-order chi connectivity index (χ1) is 18.4. The predicted octanol–water partition coefficient (Wildman–Crippen LogP) is 2.94. The molecule has 2 amide bonds. The lowest BCUT2D eigenvalue weighted by Crippen LogP contribution is -2.39. The average molecular weight is 521 g/mol. The number of para-hydroxylation sites is 1. The number of primary amides is 1. The van der Waals surface area contributed by atoms with Crippen LogP contribution in [0.4, 0.5) is 23.1 Å². The quantitative estimate of drug-likeness (QED) is 0.256. The van der Waals surface area contributed by atoms with Crippen LogP contribution in [0.2, 0.25) is 0 Å². The number of amides is 2. The lowest BCUT2D eigenvalue weighted by atomic mass is 10.1. The van der Waals surface area contributed by atoms with Crippen molar-refractivity contribution in [2.45, 2.75) is 25.8 Å². The Morgan fingerprint density at radius 1 is 1.26 bits per heavy atom. The number of methoxy groups -OCH3 is 1. The smallest absolute Gasteiger partial charge is 0.254 e. The second-order valence-corrected chi connectivity index (χ2v) is 8.85. The van der Waals surface area contributed by atoms with Gasteiger partial charge >= 0.3 is 0 Å². The largest absolute Gasteiger partial charge is 0.489 e. The van der Waals surface area contributed by atoms with Gasteiger partial charge in [-0.05, 0) is 37.5 Å². The molecule has 0 bridgehead atoms. The van der Waals surface area contributed by atoms with Crippen molar-refractivity contribution < 1.29 is 19.1 Å². The monoisotopic (exact) mass is 520 g/mol. The zero-order valence-electron chi connectivity index (χ0n) is 21.5. The molecule has 0 unspecified atom stereocenters. The number of nitrogens with zero attached hydrogens (tertiary/aromatic N) is 5. The van der Waals surface area contributed by atoms with Gasteiger partial charge in [-0.25, -0.2) is 4.98 Å². The lowest BCUT2D eigenvalue weighted by Gasteiger charge is -2.32. The minimum atomic E-state index is -0.668. The van der Waals surface area contributed by atoms with Gasteiger partial charge in [-0.15, -0.1) is 0 Å². The van der Waals surface area contributed by atoms with E-state index in [1.165, 1.54) is 12.3 Å². The maximum Gasteiger partial charge on any atom is 0.254 e. The van der Waals surface area contributed by atoms with E-state index in [4.69, 9.17) is 15.2 Å². The van der Waals surface area contributed by atoms with Gasteiger partial charge in [0.2, 0.25) is 11.9 Å². The third-order valence-electron chi connectivity index (χ3n) is 6.19. The van der Waals surface area contributed by atoms with Crippen LogP contribution in [0.15, 0.2) is 49.4 Å². The predicted molar refractivity (Wildman–Crippen MR) is 143 cm³/mol. The number of anilines is 4. The molecule has 38 heavy (non-hydrogen) atoms. The highest BCUT2D eigenvalue weighted by atomic mass is 16.5. The summed E-state index contributed by atoms with van der Waals surface area (Å²) in [6, 6.07) is 5.66. The Kier molecular flexibility index (Phi) is 8.54. The number of ether oxygens (including phenoxy) is 2. The first kappa shape index (κ1) is 26.6. The molecule has 12 nitrogen and oxygen atoms in total. The van der Waals surface area contributed by atoms with E-state index in [1.54, 1.807) is 18.2 Å². The molecule has 0 saturated carbocycles. The van der Waals surface area contributed by atoms with E-state index < -0.39 is 5.91 Å². The summed E-state index contributed by atoms with van der Waals surface area (Å²) in [7, 11) is 1.60. The second kappa shape index (κ2) is 12.2. The number of likely N-dealkylation sites (tertiary alicyclic amines) is 1. The van der Waals surface area contributed by atoms with Crippen LogP contribution in [0, 0.1) is 6.92 Å². The van der Waals surface area contributed by atoms with E-state index in [0.717, 1.165) is 18.4 Å². The van der Waals surface area contributed by atoms with Crippen LogP contribution in [0.3, 0.4) is 0 Å². The van der Waals surface area contributed by atoms with Crippen LogP contribution in [0.5, 0.6) is 5.75 Å². The standard InChI is InChI=1S/C26H32N8O4/c1-4-22(35)33-10-6-8-19(16-33)34-15-18(13-29-34)30-26-28-14-20(24(27)36)25(32-26)31-23-17(2)7-5-9-21(23)38-12-11-37-3/h4-5,7,9,13-15,19H,1,6,8,10-12,16H2,2-3H3,(H2,27,36)(H2,28,30,31,32)/t19-/m1/s1. The van der Waals surface area contributed by atoms with Gasteiger partial charge in [0.25, 0.3) is 5.91 Å². The number of rotatable bonds is 11. The summed E-state index contributed by atoms with van der Waals surface area (Å²) < 4.78 is 12.7. The highest BCUT2D eigenvalue weighted by Crippen LogP contribution is 2.32. The van der Waals surface area contributed by atoms with Crippen molar-refractivity contribution >= 4 is 35.0 Å². The van der Waals surface area contributed by atoms with Gasteiger partial charge < -0.3 is 30.7 Å². The molecule has 0 spiro atoms. The van der Waals surface area contributed by atoms with Gasteiger partial charge in [0, 0.05) is 32.6 Å². The molecule has 4 rings (SSSR count). The fraction of sp³-hybridized carbons (Fsp3) is 0.346. The van der Waals surface area contributed by atoms with Gasteiger partial charge in [0.15, 0.2) is 0 Å². The minimum absolute atomic E-state index is 0.0520. The second-order valence-electron chi connectivity index (χ2n) is 8.85. The molecule has 0 aliphatic carbocycles. The van der Waals surface area contributed by atoms with Crippen LogP contribution in [-0.2, 0) is 9.53 Å². The number of piperidine rings is 1. The number of carbonyl (C=O) groups is 2. The average Bonchev–Trinajstić information content (AvgIpc) is 3.38. The van der Waals surface area contributed by atoms with Crippen molar-refractivity contribution in [3.63, 3.8) is 0 Å². The highest BCUT2D eigenvalue weighted by molar-refractivity contribution is 5.98. The summed E-state index contributed by atoms with van der Waals surface area (Å²) in [5.41, 5.74) is 7.93. The molecule has 4 N–H and O–H groups in total. The molecule has 1 aromatic carbocycles. The van der Waals surface area contributed by atoms with Gasteiger partial charge in [0.1, 0.15) is 23.7 Å². The lowest BCUT2D eigenvalue weighted by molar-refractivity contribution is -0.127. The Bertz CT molecular complexity index is 1310. The van der Waals surface area contributed by atoms with Crippen LogP contribution in [0.1, 0.15) is 34.8 Å². The highest BCUT2D eigenvalue weighted by Gasteiger charge is 2.24. The molecule has 12 heteroatoms. The molecule has 0 radical (unpaired) electrons. The zero-order chi connectivity index (χ0) is 27.1. The van der Waals surface area contributed by atoms with Crippen molar-refractivity contribution in [2.75, 3.05) is 44.0 Å². The maximum absolute atomic E-state index is 12.1. The normalized spacial score (nSPS) is 15.1. The molecular formula is C26H32N8O4. The molecule has 2 aromatic heterocycles. The Morgan fingerprint density at radius 3 is 2.87 bits per heavy atom. The van der Waals surface area contributed by atoms with Gasteiger partial charge in [-0.3, -0.25) is 14.3 Å². The molecule has 200 valence electrons. The van der Waals surface area contributed by atoms with E-state index in [1.807, 2.05) is 36.0 Å². The molecule has 1 atom stereocenters. The van der Waals surface area contributed by atoms with Crippen LogP contribution >= 0.6 is 0 Å². The number of nitrogens with two attached hydrogens (primary N) is 1. The van der Waals surface area contributed by atoms with Crippen molar-refractivity contribution in [1.29, 1.82) is 0 Å². The third kappa shape index (κ3) is 6.27. The zero-order valence-corrected chi connectivity index (χ0v) is 21.5. The van der Waals surface area contributed by atoms with Gasteiger partial charge in [0.05, 0.1) is 30.2 Å². The van der Waals surface area contributed by atoms with E-state index in [-0.39, 0.29) is 29.3 Å². The maximum atomic E-state index is 12.1. The van der Waals surface area contributed by atoms with Crippen molar-refractivity contribution in [3.8, 4) is 5.75 Å². The summed E-state index contributed by atoms with van der Waals surface area (Å²) in [5.74, 6) is 0.323. The Morgan fingerprint density at radius 2 is 2.11 bits per heavy atom. The first-order valence-corrected chi connectivity index (χ1v) is 12.3. The summed E-state index contributed by atoms with van der Waals surface area (Å²) in [4.78, 5) is 34.7. The Labute approximate surface area is 220 Å². The first-order valence-electron chi connectivity index (χ1n) is 12.3. The SMILES string of the molecule is C=CC(=O)N1CCC[C@@H](n2cc(Nc3ncc(C(N)=O)c(Nc4c(C)cccc4OCCOC)n3)cn2)C1. The number of hydrogen-bond acceptors (Lipinski definition) is 9. The molecule has 3 heterocycles. The molecule has 1 aliphatic rings. The van der Waals surface area contributed by atoms with E-state index in [9.17, 15) is 9.59 Å². The molecule has 3 aromatic rings. The van der Waals surface area contributed by atoms with Gasteiger partial charge in [-0.1, -0.05) is 18.7 Å². The third-order valence-corrected chi connectivity index (χ3v) is 6.19. The number of nitrogens with one attached hydrogen (secondary N) is 2. The fourth-order valence-corrected chi connectivity index (χ4v) is 4.22. The van der Waals surface area contributed by atoms with Crippen molar-refractivity contribution in [3.05, 3.63) is 60.6 Å².